The molecule has 0 radical (unpaired) electrons. The number of rotatable bonds is 7. The van der Waals surface area contributed by atoms with E-state index < -0.39 is 11.6 Å². The van der Waals surface area contributed by atoms with Gasteiger partial charge in [0.2, 0.25) is 5.91 Å². The summed E-state index contributed by atoms with van der Waals surface area (Å²) in [4.78, 5) is 29.9. The Morgan fingerprint density at radius 2 is 2.24 bits per heavy atom. The average molecular weight is 341 g/mol. The lowest BCUT2D eigenvalue weighted by atomic mass is 9.72. The van der Waals surface area contributed by atoms with Crippen LogP contribution in [0.2, 0.25) is 0 Å². The van der Waals surface area contributed by atoms with E-state index in [9.17, 15) is 9.59 Å². The third kappa shape index (κ3) is 2.60. The molecule has 2 saturated heterocycles. The van der Waals surface area contributed by atoms with Crippen LogP contribution in [0.5, 0.6) is 0 Å². The van der Waals surface area contributed by atoms with Crippen LogP contribution in [0.25, 0.3) is 0 Å². The summed E-state index contributed by atoms with van der Waals surface area (Å²) in [5.74, 6) is 2.91. The summed E-state index contributed by atoms with van der Waals surface area (Å²) in [6.07, 6.45) is 9.75. The van der Waals surface area contributed by atoms with Crippen molar-refractivity contribution in [2.45, 2.75) is 49.7 Å². The summed E-state index contributed by atoms with van der Waals surface area (Å²) in [6, 6.07) is 0.0540. The number of carbonyl (C=O) groups is 2. The topological polar surface area (TPSA) is 114 Å². The lowest BCUT2D eigenvalue weighted by Gasteiger charge is -2.35. The summed E-state index contributed by atoms with van der Waals surface area (Å²) >= 11 is 0. The highest BCUT2D eigenvalue weighted by Gasteiger charge is 2.56. The van der Waals surface area contributed by atoms with Crippen LogP contribution < -0.4 is 5.73 Å². The van der Waals surface area contributed by atoms with Gasteiger partial charge < -0.3 is 15.1 Å². The van der Waals surface area contributed by atoms with E-state index in [0.29, 0.717) is 43.9 Å². The van der Waals surface area contributed by atoms with Crippen molar-refractivity contribution < 1.29 is 14.0 Å². The van der Waals surface area contributed by atoms with E-state index >= 15 is 0 Å². The Kier molecular flexibility index (Phi) is 3.60. The molecule has 5 rings (SSSR count). The fourth-order valence-electron chi connectivity index (χ4n) is 4.09. The standard InChI is InChI=1S/C17H19N5O3/c1-2-3-5-17(20-21-17)6-4-12(23)22-8-10-7-11(22)13(10)15-14(16(18)24)19-9-25-15/h1,9-11,13H,3-8H2,(H2,18,24). The zero-order valence-corrected chi connectivity index (χ0v) is 13.7. The average Bonchev–Trinajstić information content (AvgIpc) is 2.97. The van der Waals surface area contributed by atoms with E-state index in [1.54, 1.807) is 0 Å². The number of aromatic nitrogens is 1. The van der Waals surface area contributed by atoms with Crippen LogP contribution in [-0.4, -0.2) is 39.9 Å². The van der Waals surface area contributed by atoms with Gasteiger partial charge in [-0.15, -0.1) is 12.3 Å². The molecule has 4 heterocycles. The van der Waals surface area contributed by atoms with Gasteiger partial charge in [0, 0.05) is 44.2 Å². The number of primary amides is 1. The summed E-state index contributed by atoms with van der Waals surface area (Å²) in [7, 11) is 0. The van der Waals surface area contributed by atoms with Crippen molar-refractivity contribution >= 4 is 11.8 Å². The van der Waals surface area contributed by atoms with E-state index in [-0.39, 0.29) is 23.6 Å². The first-order chi connectivity index (χ1) is 12.0. The van der Waals surface area contributed by atoms with Gasteiger partial charge in [0.15, 0.2) is 17.8 Å². The molecule has 1 aromatic heterocycles. The molecule has 3 fully saturated rings. The van der Waals surface area contributed by atoms with Crippen molar-refractivity contribution in [3.05, 3.63) is 17.8 Å². The Morgan fingerprint density at radius 1 is 1.44 bits per heavy atom. The van der Waals surface area contributed by atoms with Crippen LogP contribution in [-0.2, 0) is 4.79 Å². The Balaban J connectivity index is 1.37. The largest absolute Gasteiger partial charge is 0.447 e. The molecule has 2 N–H and O–H groups in total. The molecule has 4 aliphatic rings. The fourth-order valence-corrected chi connectivity index (χ4v) is 4.09. The quantitative estimate of drug-likeness (QED) is 0.756. The lowest BCUT2D eigenvalue weighted by Crippen LogP contribution is -2.40. The highest BCUT2D eigenvalue weighted by atomic mass is 16.3. The fraction of sp³-hybridized carbons (Fsp3) is 0.588. The number of fused-ring (bicyclic) bond motifs is 1. The molecule has 8 heteroatoms. The predicted molar refractivity (Wildman–Crippen MR) is 86.3 cm³/mol. The van der Waals surface area contributed by atoms with Gasteiger partial charge in [-0.05, 0) is 12.3 Å². The van der Waals surface area contributed by atoms with E-state index in [4.69, 9.17) is 16.6 Å². The van der Waals surface area contributed by atoms with Crippen molar-refractivity contribution in [1.29, 1.82) is 0 Å². The molecule has 25 heavy (non-hydrogen) atoms. The summed E-state index contributed by atoms with van der Waals surface area (Å²) in [5.41, 5.74) is 5.09. The normalized spacial score (nSPS) is 27.6. The summed E-state index contributed by atoms with van der Waals surface area (Å²) in [5, 5.41) is 8.14. The number of nitrogens with zero attached hydrogens (tertiary/aromatic N) is 4. The highest BCUT2D eigenvalue weighted by molar-refractivity contribution is 5.92. The van der Waals surface area contributed by atoms with Crippen LogP contribution in [0.15, 0.2) is 21.0 Å². The smallest absolute Gasteiger partial charge is 0.270 e. The molecule has 1 aromatic rings. The monoisotopic (exact) mass is 341 g/mol. The third-order valence-corrected chi connectivity index (χ3v) is 5.54. The van der Waals surface area contributed by atoms with Gasteiger partial charge >= 0.3 is 0 Å². The minimum absolute atomic E-state index is 0.0136. The molecule has 1 saturated carbocycles. The minimum atomic E-state index is -0.597. The van der Waals surface area contributed by atoms with Gasteiger partial charge in [0.05, 0.1) is 0 Å². The molecule has 0 aromatic carbocycles. The van der Waals surface area contributed by atoms with E-state index in [2.05, 4.69) is 21.1 Å². The first-order valence-electron chi connectivity index (χ1n) is 8.45. The number of oxazole rings is 1. The summed E-state index contributed by atoms with van der Waals surface area (Å²) in [6.45, 7) is 0.679. The van der Waals surface area contributed by atoms with E-state index in [0.717, 1.165) is 6.42 Å². The number of hydrogen-bond acceptors (Lipinski definition) is 6. The second kappa shape index (κ2) is 5.69. The molecule has 3 aliphatic heterocycles. The minimum Gasteiger partial charge on any atom is -0.447 e. The molecule has 1 aliphatic carbocycles. The maximum atomic E-state index is 12.6. The Labute approximate surface area is 144 Å². The molecule has 0 spiro atoms. The maximum Gasteiger partial charge on any atom is 0.270 e. The van der Waals surface area contributed by atoms with Gasteiger partial charge in [0.1, 0.15) is 5.76 Å². The number of nitrogens with two attached hydrogens (primary N) is 1. The SMILES string of the molecule is C#CCCC1(CCC(=O)N2CC3CC2C3c2ocnc2C(N)=O)N=N1. The lowest BCUT2D eigenvalue weighted by molar-refractivity contribution is -0.131. The maximum absolute atomic E-state index is 12.6. The highest BCUT2D eigenvalue weighted by Crippen LogP contribution is 2.53. The van der Waals surface area contributed by atoms with Crippen LogP contribution in [0, 0.1) is 18.3 Å². The number of terminal acetylenes is 1. The number of amides is 2. The first kappa shape index (κ1) is 15.8. The van der Waals surface area contributed by atoms with Crippen molar-refractivity contribution in [1.82, 2.24) is 9.88 Å². The van der Waals surface area contributed by atoms with Crippen molar-refractivity contribution in [3.8, 4) is 12.3 Å². The van der Waals surface area contributed by atoms with Gasteiger partial charge in [-0.3, -0.25) is 9.59 Å². The van der Waals surface area contributed by atoms with E-state index in [1.807, 2.05) is 4.90 Å². The van der Waals surface area contributed by atoms with Crippen LogP contribution in [0.3, 0.4) is 0 Å². The Morgan fingerprint density at radius 3 is 2.92 bits per heavy atom. The van der Waals surface area contributed by atoms with Gasteiger partial charge in [-0.2, -0.15) is 10.2 Å². The molecule has 2 bridgehead atoms. The van der Waals surface area contributed by atoms with Crippen LogP contribution >= 0.6 is 0 Å². The second-order valence-electron chi connectivity index (χ2n) is 6.95. The molecule has 3 atom stereocenters. The first-order valence-corrected chi connectivity index (χ1v) is 8.45. The van der Waals surface area contributed by atoms with E-state index in [1.165, 1.54) is 6.39 Å². The Bertz CT molecular complexity index is 786. The van der Waals surface area contributed by atoms with Crippen LogP contribution in [0.1, 0.15) is 54.3 Å². The van der Waals surface area contributed by atoms with Crippen LogP contribution in [0.4, 0.5) is 0 Å². The van der Waals surface area contributed by atoms with Gasteiger partial charge in [-0.25, -0.2) is 4.98 Å². The molecular formula is C17H19N5O3. The Hall–Kier alpha value is -2.69. The van der Waals surface area contributed by atoms with Crippen molar-refractivity contribution in [2.75, 3.05) is 6.54 Å². The predicted octanol–water partition coefficient (Wildman–Crippen LogP) is 1.44. The molecule has 130 valence electrons. The van der Waals surface area contributed by atoms with Gasteiger partial charge in [0.25, 0.3) is 5.91 Å². The molecule has 8 nitrogen and oxygen atoms in total. The molecular weight excluding hydrogens is 322 g/mol. The number of hydrogen-bond donors (Lipinski definition) is 1. The zero-order chi connectivity index (χ0) is 17.6. The molecule has 2 amide bonds. The number of carbonyl (C=O) groups excluding carboxylic acids is 2. The van der Waals surface area contributed by atoms with Crippen molar-refractivity contribution in [2.24, 2.45) is 21.9 Å². The summed E-state index contributed by atoms with van der Waals surface area (Å²) < 4.78 is 5.41. The third-order valence-electron chi connectivity index (χ3n) is 5.54. The van der Waals surface area contributed by atoms with Crippen molar-refractivity contribution in [3.63, 3.8) is 0 Å². The second-order valence-corrected chi connectivity index (χ2v) is 6.95. The molecule has 3 unspecified atom stereocenters. The zero-order valence-electron chi connectivity index (χ0n) is 13.7. The van der Waals surface area contributed by atoms with Gasteiger partial charge in [-0.1, -0.05) is 0 Å².